The monoisotopic (exact) mass is 519 g/mol. The summed E-state index contributed by atoms with van der Waals surface area (Å²) in [4.78, 5) is 19.3. The molecule has 182 valence electrons. The fourth-order valence-electron chi connectivity index (χ4n) is 4.46. The minimum absolute atomic E-state index is 0.124. The first-order valence-corrected chi connectivity index (χ1v) is 12.3. The van der Waals surface area contributed by atoms with Crippen LogP contribution in [0.25, 0.3) is 5.69 Å². The number of carbonyl (C=O) groups excluding carboxylic acids is 1. The van der Waals surface area contributed by atoms with Crippen LogP contribution in [0, 0.1) is 5.82 Å². The molecule has 1 saturated heterocycles. The quantitative estimate of drug-likeness (QED) is 0.308. The van der Waals surface area contributed by atoms with E-state index in [1.807, 2.05) is 65.7 Å². The average molecular weight is 520 g/mol. The Morgan fingerprint density at radius 3 is 2.69 bits per heavy atom. The maximum Gasteiger partial charge on any atom is 0.226 e. The molecule has 4 aromatic rings. The highest BCUT2D eigenvalue weighted by atomic mass is 35.5. The molecule has 36 heavy (non-hydrogen) atoms. The van der Waals surface area contributed by atoms with Crippen LogP contribution >= 0.6 is 23.8 Å². The number of nitrogens with zero attached hydrogens (tertiary/aromatic N) is 3. The number of benzene rings is 2. The molecule has 1 fully saturated rings. The van der Waals surface area contributed by atoms with Crippen LogP contribution in [0.2, 0.25) is 5.02 Å². The molecule has 9 heteroatoms. The number of para-hydroxylation sites is 1. The van der Waals surface area contributed by atoms with Crippen molar-refractivity contribution in [3.05, 3.63) is 113 Å². The van der Waals surface area contributed by atoms with Crippen LogP contribution < -0.4 is 10.6 Å². The molecule has 0 bridgehead atoms. The number of halogens is 2. The van der Waals surface area contributed by atoms with Crippen molar-refractivity contribution in [2.24, 2.45) is 0 Å². The van der Waals surface area contributed by atoms with Gasteiger partial charge in [0.15, 0.2) is 5.11 Å². The van der Waals surface area contributed by atoms with Crippen LogP contribution in [0.15, 0.2) is 91.3 Å². The Bertz CT molecular complexity index is 1400. The van der Waals surface area contributed by atoms with Crippen molar-refractivity contribution in [3.8, 4) is 5.69 Å². The summed E-state index contributed by atoms with van der Waals surface area (Å²) in [6, 6.07) is 23.0. The van der Waals surface area contributed by atoms with Crippen molar-refractivity contribution >= 4 is 40.5 Å². The number of anilines is 1. The van der Waals surface area contributed by atoms with E-state index in [9.17, 15) is 9.18 Å². The molecule has 0 radical (unpaired) electrons. The predicted molar refractivity (Wildman–Crippen MR) is 143 cm³/mol. The number of rotatable bonds is 7. The number of aromatic nitrogens is 2. The maximum atomic E-state index is 14.0. The van der Waals surface area contributed by atoms with Crippen LogP contribution in [-0.4, -0.2) is 32.0 Å². The molecule has 1 aliphatic heterocycles. The standard InChI is InChI=1S/C27H23ClFN5OS/c28-18-7-5-8-19(17-18)33-15-6-12-23(33)26-25(22-11-3-4-14-30-22)32-27(36)34(26)16-13-24(35)31-21-10-2-1-9-20(21)29/h1-12,14-15,17,25-26H,13,16H2,(H,31,35)(H,32,36)/t25-,26+/m0/s1. The first-order chi connectivity index (χ1) is 17.5. The first-order valence-electron chi connectivity index (χ1n) is 11.5. The third-order valence-electron chi connectivity index (χ3n) is 6.10. The number of thiocarbonyl (C=S) groups is 1. The molecular formula is C27H23ClFN5OS. The minimum atomic E-state index is -0.475. The van der Waals surface area contributed by atoms with Crippen molar-refractivity contribution < 1.29 is 9.18 Å². The van der Waals surface area contributed by atoms with Gasteiger partial charge in [0.2, 0.25) is 5.91 Å². The Labute approximate surface area is 218 Å². The van der Waals surface area contributed by atoms with Gasteiger partial charge < -0.3 is 20.1 Å². The predicted octanol–water partition coefficient (Wildman–Crippen LogP) is 5.67. The summed E-state index contributed by atoms with van der Waals surface area (Å²) in [7, 11) is 0. The lowest BCUT2D eigenvalue weighted by Gasteiger charge is -2.29. The maximum absolute atomic E-state index is 14.0. The smallest absolute Gasteiger partial charge is 0.226 e. The third-order valence-corrected chi connectivity index (χ3v) is 6.68. The zero-order valence-electron chi connectivity index (χ0n) is 19.1. The molecule has 0 unspecified atom stereocenters. The number of hydrogen-bond donors (Lipinski definition) is 2. The van der Waals surface area contributed by atoms with Crippen molar-refractivity contribution in [2.75, 3.05) is 11.9 Å². The molecular weight excluding hydrogens is 497 g/mol. The lowest BCUT2D eigenvalue weighted by molar-refractivity contribution is -0.116. The zero-order valence-corrected chi connectivity index (χ0v) is 20.7. The molecule has 2 aromatic carbocycles. The topological polar surface area (TPSA) is 62.2 Å². The second kappa shape index (κ2) is 10.5. The van der Waals surface area contributed by atoms with E-state index in [0.717, 1.165) is 17.1 Å². The molecule has 0 aliphatic carbocycles. The van der Waals surface area contributed by atoms with Gasteiger partial charge in [-0.1, -0.05) is 35.9 Å². The number of carbonyl (C=O) groups is 1. The van der Waals surface area contributed by atoms with Gasteiger partial charge in [0.1, 0.15) is 5.82 Å². The molecule has 6 nitrogen and oxygen atoms in total. The molecule has 1 amide bonds. The van der Waals surface area contributed by atoms with E-state index in [2.05, 4.69) is 20.2 Å². The number of nitrogens with one attached hydrogen (secondary N) is 2. The Morgan fingerprint density at radius 2 is 1.92 bits per heavy atom. The van der Waals surface area contributed by atoms with Gasteiger partial charge in [0.25, 0.3) is 0 Å². The van der Waals surface area contributed by atoms with E-state index in [4.69, 9.17) is 23.8 Å². The van der Waals surface area contributed by atoms with Crippen LogP contribution in [0.5, 0.6) is 0 Å². The fraction of sp³-hybridized carbons (Fsp3) is 0.148. The Balaban J connectivity index is 1.45. The average Bonchev–Trinajstić information content (AvgIpc) is 3.49. The molecule has 3 heterocycles. The van der Waals surface area contributed by atoms with Crippen LogP contribution in [0.3, 0.4) is 0 Å². The normalized spacial score (nSPS) is 17.2. The van der Waals surface area contributed by atoms with Crippen LogP contribution in [0.1, 0.15) is 29.9 Å². The van der Waals surface area contributed by atoms with E-state index < -0.39 is 5.82 Å². The Hall–Kier alpha value is -3.75. The van der Waals surface area contributed by atoms with Crippen LogP contribution in [0.4, 0.5) is 10.1 Å². The van der Waals surface area contributed by atoms with E-state index in [1.165, 1.54) is 12.1 Å². The van der Waals surface area contributed by atoms with Gasteiger partial charge in [-0.2, -0.15) is 0 Å². The molecule has 0 spiro atoms. The number of pyridine rings is 1. The Kier molecular flexibility index (Phi) is 6.97. The SMILES string of the molecule is O=C(CCN1C(=S)N[C@@H](c2ccccn2)[C@H]1c1cccn1-c1cccc(Cl)c1)Nc1ccccc1F. The lowest BCUT2D eigenvalue weighted by Crippen LogP contribution is -2.33. The molecule has 2 N–H and O–H groups in total. The summed E-state index contributed by atoms with van der Waals surface area (Å²) >= 11 is 12.0. The number of hydrogen-bond acceptors (Lipinski definition) is 3. The highest BCUT2D eigenvalue weighted by molar-refractivity contribution is 7.80. The van der Waals surface area contributed by atoms with Gasteiger partial charge >= 0.3 is 0 Å². The lowest BCUT2D eigenvalue weighted by atomic mass is 10.0. The van der Waals surface area contributed by atoms with Crippen molar-refractivity contribution in [1.82, 2.24) is 19.8 Å². The van der Waals surface area contributed by atoms with Crippen molar-refractivity contribution in [1.29, 1.82) is 0 Å². The largest absolute Gasteiger partial charge is 0.352 e. The second-order valence-electron chi connectivity index (χ2n) is 8.38. The minimum Gasteiger partial charge on any atom is -0.352 e. The first kappa shape index (κ1) is 24.0. The van der Waals surface area contributed by atoms with Crippen molar-refractivity contribution in [3.63, 3.8) is 0 Å². The second-order valence-corrected chi connectivity index (χ2v) is 9.20. The fourth-order valence-corrected chi connectivity index (χ4v) is 4.98. The van der Waals surface area contributed by atoms with Crippen molar-refractivity contribution in [2.45, 2.75) is 18.5 Å². The summed E-state index contributed by atoms with van der Waals surface area (Å²) in [5, 5.41) is 7.20. The molecule has 2 aromatic heterocycles. The summed E-state index contributed by atoms with van der Waals surface area (Å²) in [5.74, 6) is -0.773. The van der Waals surface area contributed by atoms with Gasteiger partial charge in [-0.15, -0.1) is 0 Å². The van der Waals surface area contributed by atoms with E-state index in [-0.39, 0.29) is 30.1 Å². The molecule has 5 rings (SSSR count). The molecule has 0 saturated carbocycles. The van der Waals surface area contributed by atoms with Gasteiger partial charge in [-0.25, -0.2) is 4.39 Å². The Morgan fingerprint density at radius 1 is 1.08 bits per heavy atom. The number of amides is 1. The summed E-state index contributed by atoms with van der Waals surface area (Å²) in [6.07, 6.45) is 3.85. The van der Waals surface area contributed by atoms with E-state index in [0.29, 0.717) is 16.7 Å². The molecule has 2 atom stereocenters. The third kappa shape index (κ3) is 4.96. The van der Waals surface area contributed by atoms with Gasteiger partial charge in [-0.3, -0.25) is 9.78 Å². The van der Waals surface area contributed by atoms with Gasteiger partial charge in [0.05, 0.1) is 23.5 Å². The zero-order chi connectivity index (χ0) is 25.1. The highest BCUT2D eigenvalue weighted by Crippen LogP contribution is 2.39. The summed E-state index contributed by atoms with van der Waals surface area (Å²) < 4.78 is 16.1. The van der Waals surface area contributed by atoms with Gasteiger partial charge in [0, 0.05) is 41.8 Å². The van der Waals surface area contributed by atoms with Crippen LogP contribution in [-0.2, 0) is 4.79 Å². The van der Waals surface area contributed by atoms with Gasteiger partial charge in [-0.05, 0) is 66.8 Å². The highest BCUT2D eigenvalue weighted by Gasteiger charge is 2.41. The summed E-state index contributed by atoms with van der Waals surface area (Å²) in [5.41, 5.74) is 2.87. The summed E-state index contributed by atoms with van der Waals surface area (Å²) in [6.45, 7) is 0.334. The van der Waals surface area contributed by atoms with E-state index >= 15 is 0 Å². The molecule has 1 aliphatic rings. The van der Waals surface area contributed by atoms with E-state index in [1.54, 1.807) is 18.3 Å².